The molecule has 0 heterocycles. The molecule has 1 rings (SSSR count). The molecule has 0 saturated carbocycles. The fourth-order valence-corrected chi connectivity index (χ4v) is 2.19. The first-order valence-corrected chi connectivity index (χ1v) is 6.38. The lowest BCUT2D eigenvalue weighted by molar-refractivity contribution is -0.490. The first-order chi connectivity index (χ1) is 9.88. The van der Waals surface area contributed by atoms with Crippen molar-refractivity contribution in [1.82, 2.24) is 0 Å². The zero-order valence-electron chi connectivity index (χ0n) is 11.7. The molecule has 2 unspecified atom stereocenters. The minimum Gasteiger partial charge on any atom is -0.465 e. The predicted octanol–water partition coefficient (Wildman–Crippen LogP) is 1.74. The molecule has 0 bridgehead atoms. The Labute approximate surface area is 121 Å². The van der Waals surface area contributed by atoms with Crippen LogP contribution in [0.5, 0.6) is 0 Å². The first-order valence-electron chi connectivity index (χ1n) is 6.38. The monoisotopic (exact) mass is 297 g/mol. The second-order valence-electron chi connectivity index (χ2n) is 4.61. The molecular weight excluding hydrogens is 281 g/mol. The topological polar surface area (TPSA) is 86.5 Å². The zero-order valence-corrected chi connectivity index (χ0v) is 11.7. The number of benzene rings is 1. The highest BCUT2D eigenvalue weighted by atomic mass is 19.1. The van der Waals surface area contributed by atoms with Crippen LogP contribution in [0.2, 0.25) is 0 Å². The number of carbonyl (C=O) groups is 2. The van der Waals surface area contributed by atoms with Crippen molar-refractivity contribution < 1.29 is 23.6 Å². The van der Waals surface area contributed by atoms with Crippen molar-refractivity contribution in [3.8, 4) is 0 Å². The Kier molecular flexibility index (Phi) is 5.52. The number of hydrogen-bond donors (Lipinski definition) is 0. The van der Waals surface area contributed by atoms with Gasteiger partial charge in [-0.2, -0.15) is 0 Å². The van der Waals surface area contributed by atoms with E-state index >= 15 is 0 Å². The van der Waals surface area contributed by atoms with E-state index in [0.29, 0.717) is 6.29 Å². The molecular formula is C14H16FNO5. The van der Waals surface area contributed by atoms with Crippen LogP contribution < -0.4 is 0 Å². The molecule has 0 N–H and O–H groups in total. The fourth-order valence-electron chi connectivity index (χ4n) is 2.19. The maximum atomic E-state index is 13.0. The Balaban J connectivity index is 3.48. The number of halogens is 1. The van der Waals surface area contributed by atoms with E-state index in [1.165, 1.54) is 19.1 Å². The molecule has 0 aromatic heterocycles. The van der Waals surface area contributed by atoms with E-state index in [0.717, 1.165) is 12.1 Å². The van der Waals surface area contributed by atoms with Gasteiger partial charge in [0.15, 0.2) is 5.41 Å². The molecule has 7 heteroatoms. The van der Waals surface area contributed by atoms with Crippen LogP contribution in [0.4, 0.5) is 4.39 Å². The molecule has 0 aliphatic heterocycles. The molecule has 1 aromatic rings. The molecule has 2 atom stereocenters. The molecule has 0 spiro atoms. The number of rotatable bonds is 7. The highest BCUT2D eigenvalue weighted by Gasteiger charge is 2.51. The highest BCUT2D eigenvalue weighted by Crippen LogP contribution is 2.34. The van der Waals surface area contributed by atoms with Crippen LogP contribution >= 0.6 is 0 Å². The van der Waals surface area contributed by atoms with Crippen molar-refractivity contribution in [3.05, 3.63) is 45.8 Å². The van der Waals surface area contributed by atoms with Crippen LogP contribution in [-0.2, 0) is 19.7 Å². The molecule has 0 radical (unpaired) electrons. The second kappa shape index (κ2) is 6.92. The quantitative estimate of drug-likeness (QED) is 0.331. The van der Waals surface area contributed by atoms with E-state index in [2.05, 4.69) is 0 Å². The third kappa shape index (κ3) is 3.42. The van der Waals surface area contributed by atoms with Crippen molar-refractivity contribution in [1.29, 1.82) is 0 Å². The third-order valence-electron chi connectivity index (χ3n) is 3.36. The summed E-state index contributed by atoms with van der Waals surface area (Å²) in [5, 5.41) is 11.0. The van der Waals surface area contributed by atoms with E-state index in [-0.39, 0.29) is 12.2 Å². The van der Waals surface area contributed by atoms with Crippen molar-refractivity contribution in [2.75, 3.05) is 13.2 Å². The average Bonchev–Trinajstić information content (AvgIpc) is 2.44. The van der Waals surface area contributed by atoms with E-state index in [4.69, 9.17) is 4.74 Å². The van der Waals surface area contributed by atoms with Crippen LogP contribution in [0.25, 0.3) is 0 Å². The van der Waals surface area contributed by atoms with Crippen molar-refractivity contribution in [2.24, 2.45) is 5.92 Å². The molecule has 0 saturated heterocycles. The minimum atomic E-state index is -1.77. The normalized spacial score (nSPS) is 14.8. The molecule has 6 nitrogen and oxygen atoms in total. The lowest BCUT2D eigenvalue weighted by atomic mass is 9.71. The highest BCUT2D eigenvalue weighted by molar-refractivity contribution is 5.87. The Morgan fingerprint density at radius 3 is 2.48 bits per heavy atom. The third-order valence-corrected chi connectivity index (χ3v) is 3.36. The lowest BCUT2D eigenvalue weighted by Crippen LogP contribution is -2.49. The van der Waals surface area contributed by atoms with Crippen LogP contribution in [0.3, 0.4) is 0 Å². The van der Waals surface area contributed by atoms with Gasteiger partial charge in [0.05, 0.1) is 6.61 Å². The fraction of sp³-hybridized carbons (Fsp3) is 0.429. The van der Waals surface area contributed by atoms with Gasteiger partial charge in [-0.05, 0) is 24.6 Å². The van der Waals surface area contributed by atoms with Gasteiger partial charge < -0.3 is 9.53 Å². The molecule has 0 aliphatic rings. The van der Waals surface area contributed by atoms with Gasteiger partial charge in [-0.25, -0.2) is 4.39 Å². The number of ether oxygens (including phenoxy) is 1. The summed E-state index contributed by atoms with van der Waals surface area (Å²) in [5.41, 5.74) is -1.59. The van der Waals surface area contributed by atoms with Crippen molar-refractivity contribution in [3.63, 3.8) is 0 Å². The van der Waals surface area contributed by atoms with Gasteiger partial charge in [-0.3, -0.25) is 14.9 Å². The summed E-state index contributed by atoms with van der Waals surface area (Å²) in [4.78, 5) is 33.8. The van der Waals surface area contributed by atoms with Gasteiger partial charge in [0, 0.05) is 10.8 Å². The molecule has 114 valence electrons. The summed E-state index contributed by atoms with van der Waals surface area (Å²) in [6.07, 6.45) is 0.462. The summed E-state index contributed by atoms with van der Waals surface area (Å²) < 4.78 is 18.0. The van der Waals surface area contributed by atoms with Gasteiger partial charge in [0.2, 0.25) is 6.54 Å². The van der Waals surface area contributed by atoms with Crippen LogP contribution in [-0.4, -0.2) is 30.3 Å². The molecule has 1 aromatic carbocycles. The number of hydrogen-bond acceptors (Lipinski definition) is 5. The SMILES string of the molecule is CCOC(=O)C(C[N+](=O)[O-])(c1ccc(F)cc1)C(C)C=O. The van der Waals surface area contributed by atoms with E-state index < -0.39 is 34.6 Å². The first kappa shape index (κ1) is 16.7. The molecule has 0 aliphatic carbocycles. The van der Waals surface area contributed by atoms with Crippen LogP contribution in [0, 0.1) is 21.8 Å². The standard InChI is InChI=1S/C14H16FNO5/c1-3-21-13(18)14(9-16(19)20,10(2)8-17)11-4-6-12(15)7-5-11/h4-8,10H,3,9H2,1-2H3. The predicted molar refractivity (Wildman–Crippen MR) is 71.8 cm³/mol. The Morgan fingerprint density at radius 2 is 2.05 bits per heavy atom. The van der Waals surface area contributed by atoms with Gasteiger partial charge in [0.25, 0.3) is 0 Å². The summed E-state index contributed by atoms with van der Waals surface area (Å²) in [7, 11) is 0. The largest absolute Gasteiger partial charge is 0.465 e. The number of esters is 1. The summed E-state index contributed by atoms with van der Waals surface area (Å²) in [6.45, 7) is 2.17. The number of nitro groups is 1. The summed E-state index contributed by atoms with van der Waals surface area (Å²) in [5.74, 6) is -2.41. The zero-order chi connectivity index (χ0) is 16.0. The van der Waals surface area contributed by atoms with Gasteiger partial charge in [0.1, 0.15) is 12.1 Å². The van der Waals surface area contributed by atoms with Gasteiger partial charge in [-0.1, -0.05) is 19.1 Å². The number of aldehydes is 1. The lowest BCUT2D eigenvalue weighted by Gasteiger charge is -2.31. The smallest absolute Gasteiger partial charge is 0.324 e. The van der Waals surface area contributed by atoms with Gasteiger partial charge >= 0.3 is 5.97 Å². The van der Waals surface area contributed by atoms with Crippen molar-refractivity contribution in [2.45, 2.75) is 19.3 Å². The van der Waals surface area contributed by atoms with Crippen LogP contribution in [0.1, 0.15) is 19.4 Å². The maximum absolute atomic E-state index is 13.0. The summed E-state index contributed by atoms with van der Waals surface area (Å²) >= 11 is 0. The van der Waals surface area contributed by atoms with E-state index in [1.807, 2.05) is 0 Å². The van der Waals surface area contributed by atoms with E-state index in [9.17, 15) is 24.1 Å². The Hall–Kier alpha value is -2.31. The maximum Gasteiger partial charge on any atom is 0.324 e. The Bertz CT molecular complexity index is 531. The Morgan fingerprint density at radius 1 is 1.48 bits per heavy atom. The van der Waals surface area contributed by atoms with Crippen molar-refractivity contribution >= 4 is 12.3 Å². The molecule has 0 amide bonds. The number of nitrogens with zero attached hydrogens (tertiary/aromatic N) is 1. The van der Waals surface area contributed by atoms with E-state index in [1.54, 1.807) is 6.92 Å². The van der Waals surface area contributed by atoms with Crippen LogP contribution in [0.15, 0.2) is 24.3 Å². The number of carbonyl (C=O) groups excluding carboxylic acids is 2. The summed E-state index contributed by atoms with van der Waals surface area (Å²) in [6, 6.07) is 4.69. The second-order valence-corrected chi connectivity index (χ2v) is 4.61. The average molecular weight is 297 g/mol. The van der Waals surface area contributed by atoms with Gasteiger partial charge in [-0.15, -0.1) is 0 Å². The molecule has 0 fully saturated rings. The molecule has 21 heavy (non-hydrogen) atoms. The minimum absolute atomic E-state index is 0.0189.